The first-order chi connectivity index (χ1) is 8.50. The van der Waals surface area contributed by atoms with E-state index in [0.717, 1.165) is 5.56 Å². The number of ether oxygens (including phenoxy) is 1. The van der Waals surface area contributed by atoms with E-state index in [9.17, 15) is 9.90 Å². The average Bonchev–Trinajstić information content (AvgIpc) is 2.29. The number of nitrogens with one attached hydrogen (secondary N) is 1. The van der Waals surface area contributed by atoms with E-state index in [-0.39, 0.29) is 6.10 Å². The molecule has 0 amide bonds. The van der Waals surface area contributed by atoms with Crippen molar-refractivity contribution in [1.82, 2.24) is 5.32 Å². The summed E-state index contributed by atoms with van der Waals surface area (Å²) in [6.45, 7) is 5.66. The van der Waals surface area contributed by atoms with Crippen LogP contribution in [0.25, 0.3) is 0 Å². The molecule has 0 radical (unpaired) electrons. The SMILES string of the molecule is CC(C)OC(=O)C(NCc1ccccc1)C(C)O. The van der Waals surface area contributed by atoms with Crippen LogP contribution in [0.2, 0.25) is 0 Å². The van der Waals surface area contributed by atoms with Crippen LogP contribution in [0, 0.1) is 0 Å². The number of benzene rings is 1. The fourth-order valence-corrected chi connectivity index (χ4v) is 1.58. The normalized spacial score (nSPS) is 14.3. The summed E-state index contributed by atoms with van der Waals surface area (Å²) in [6.07, 6.45) is -0.975. The molecule has 4 nitrogen and oxygen atoms in total. The molecule has 0 saturated carbocycles. The molecule has 1 aromatic rings. The van der Waals surface area contributed by atoms with Crippen LogP contribution >= 0.6 is 0 Å². The Labute approximate surface area is 108 Å². The van der Waals surface area contributed by atoms with Gasteiger partial charge in [0.05, 0.1) is 12.2 Å². The highest BCUT2D eigenvalue weighted by Gasteiger charge is 2.25. The van der Waals surface area contributed by atoms with Gasteiger partial charge in [0.1, 0.15) is 6.04 Å². The lowest BCUT2D eigenvalue weighted by Crippen LogP contribution is -2.46. The van der Waals surface area contributed by atoms with Gasteiger partial charge < -0.3 is 9.84 Å². The molecule has 4 heteroatoms. The molecule has 1 rings (SSSR count). The van der Waals surface area contributed by atoms with Crippen molar-refractivity contribution < 1.29 is 14.6 Å². The van der Waals surface area contributed by atoms with Crippen molar-refractivity contribution in [3.8, 4) is 0 Å². The van der Waals surface area contributed by atoms with E-state index >= 15 is 0 Å². The molecule has 2 unspecified atom stereocenters. The van der Waals surface area contributed by atoms with Gasteiger partial charge in [0.15, 0.2) is 0 Å². The largest absolute Gasteiger partial charge is 0.462 e. The molecule has 1 aromatic carbocycles. The summed E-state index contributed by atoms with van der Waals surface area (Å²) < 4.78 is 5.10. The first-order valence-corrected chi connectivity index (χ1v) is 6.16. The van der Waals surface area contributed by atoms with Crippen LogP contribution in [0.4, 0.5) is 0 Å². The number of esters is 1. The number of carbonyl (C=O) groups excluding carboxylic acids is 1. The van der Waals surface area contributed by atoms with Crippen LogP contribution in [0.5, 0.6) is 0 Å². The second-order valence-corrected chi connectivity index (χ2v) is 4.57. The maximum Gasteiger partial charge on any atom is 0.326 e. The number of aliphatic hydroxyl groups excluding tert-OH is 1. The second kappa shape index (κ2) is 7.13. The Kier molecular flexibility index (Phi) is 5.82. The molecule has 0 fully saturated rings. The fraction of sp³-hybridized carbons (Fsp3) is 0.500. The average molecular weight is 251 g/mol. The summed E-state index contributed by atoms with van der Waals surface area (Å²) in [5, 5.41) is 12.6. The maximum absolute atomic E-state index is 11.8. The third kappa shape index (κ3) is 4.85. The van der Waals surface area contributed by atoms with Crippen LogP contribution in [0.1, 0.15) is 26.3 Å². The predicted octanol–water partition coefficient (Wildman–Crippen LogP) is 1.48. The van der Waals surface area contributed by atoms with Crippen molar-refractivity contribution in [2.75, 3.05) is 0 Å². The lowest BCUT2D eigenvalue weighted by atomic mass is 10.1. The van der Waals surface area contributed by atoms with Crippen LogP contribution < -0.4 is 5.32 Å². The van der Waals surface area contributed by atoms with E-state index in [2.05, 4.69) is 5.32 Å². The molecule has 0 aliphatic rings. The molecule has 100 valence electrons. The fourth-order valence-electron chi connectivity index (χ4n) is 1.58. The van der Waals surface area contributed by atoms with Gasteiger partial charge in [0.2, 0.25) is 0 Å². The molecule has 0 heterocycles. The van der Waals surface area contributed by atoms with Crippen molar-refractivity contribution in [2.24, 2.45) is 0 Å². The van der Waals surface area contributed by atoms with E-state index in [1.165, 1.54) is 0 Å². The Hall–Kier alpha value is -1.39. The summed E-state index contributed by atoms with van der Waals surface area (Å²) >= 11 is 0. The molecule has 0 aliphatic carbocycles. The van der Waals surface area contributed by atoms with Gasteiger partial charge >= 0.3 is 5.97 Å². The van der Waals surface area contributed by atoms with Crippen LogP contribution in [0.15, 0.2) is 30.3 Å². The first kappa shape index (κ1) is 14.7. The molecule has 2 N–H and O–H groups in total. The molecule has 0 bridgehead atoms. The summed E-state index contributed by atoms with van der Waals surface area (Å²) in [6, 6.07) is 9.01. The minimum Gasteiger partial charge on any atom is -0.462 e. The van der Waals surface area contributed by atoms with E-state index in [0.29, 0.717) is 6.54 Å². The first-order valence-electron chi connectivity index (χ1n) is 6.16. The monoisotopic (exact) mass is 251 g/mol. The van der Waals surface area contributed by atoms with Gasteiger partial charge in [0.25, 0.3) is 0 Å². The zero-order valence-electron chi connectivity index (χ0n) is 11.1. The molecule has 0 aliphatic heterocycles. The number of carbonyl (C=O) groups is 1. The highest BCUT2D eigenvalue weighted by Crippen LogP contribution is 2.03. The van der Waals surface area contributed by atoms with Gasteiger partial charge in [-0.2, -0.15) is 0 Å². The van der Waals surface area contributed by atoms with Crippen molar-refractivity contribution >= 4 is 5.97 Å². The standard InChI is InChI=1S/C14H21NO3/c1-10(2)18-14(17)13(11(3)16)15-9-12-7-5-4-6-8-12/h4-8,10-11,13,15-16H,9H2,1-3H3. The highest BCUT2D eigenvalue weighted by molar-refractivity contribution is 5.76. The minimum atomic E-state index is -0.792. The second-order valence-electron chi connectivity index (χ2n) is 4.57. The van der Waals surface area contributed by atoms with Crippen LogP contribution in [-0.2, 0) is 16.1 Å². The van der Waals surface area contributed by atoms with Gasteiger partial charge in [-0.1, -0.05) is 30.3 Å². The van der Waals surface area contributed by atoms with Gasteiger partial charge in [0, 0.05) is 6.54 Å². The molecule has 2 atom stereocenters. The zero-order valence-corrected chi connectivity index (χ0v) is 11.1. The number of rotatable bonds is 6. The van der Waals surface area contributed by atoms with Crippen LogP contribution in [-0.4, -0.2) is 29.3 Å². The van der Waals surface area contributed by atoms with E-state index in [1.807, 2.05) is 30.3 Å². The molecular weight excluding hydrogens is 230 g/mol. The Bertz CT molecular complexity index is 363. The Morgan fingerprint density at radius 3 is 2.39 bits per heavy atom. The minimum absolute atomic E-state index is 0.183. The van der Waals surface area contributed by atoms with E-state index in [1.54, 1.807) is 20.8 Å². The molecule has 0 spiro atoms. The van der Waals surface area contributed by atoms with Gasteiger partial charge in [-0.15, -0.1) is 0 Å². The smallest absolute Gasteiger partial charge is 0.326 e. The third-order valence-electron chi connectivity index (χ3n) is 2.46. The molecular formula is C14H21NO3. The Balaban J connectivity index is 2.56. The Morgan fingerprint density at radius 1 is 1.28 bits per heavy atom. The third-order valence-corrected chi connectivity index (χ3v) is 2.46. The van der Waals surface area contributed by atoms with Crippen molar-refractivity contribution in [2.45, 2.75) is 45.6 Å². The summed E-state index contributed by atoms with van der Waals surface area (Å²) in [7, 11) is 0. The van der Waals surface area contributed by atoms with Gasteiger partial charge in [-0.3, -0.25) is 10.1 Å². The molecule has 0 saturated heterocycles. The van der Waals surface area contributed by atoms with Crippen molar-refractivity contribution in [1.29, 1.82) is 0 Å². The van der Waals surface area contributed by atoms with Crippen molar-refractivity contribution in [3.63, 3.8) is 0 Å². The lowest BCUT2D eigenvalue weighted by molar-refractivity contribution is -0.152. The summed E-state index contributed by atoms with van der Waals surface area (Å²) in [5.41, 5.74) is 1.06. The molecule has 18 heavy (non-hydrogen) atoms. The van der Waals surface area contributed by atoms with Crippen molar-refractivity contribution in [3.05, 3.63) is 35.9 Å². The van der Waals surface area contributed by atoms with Gasteiger partial charge in [-0.05, 0) is 26.3 Å². The van der Waals surface area contributed by atoms with Gasteiger partial charge in [-0.25, -0.2) is 0 Å². The topological polar surface area (TPSA) is 58.6 Å². The highest BCUT2D eigenvalue weighted by atomic mass is 16.5. The summed E-state index contributed by atoms with van der Waals surface area (Å²) in [5.74, 6) is -0.420. The van der Waals surface area contributed by atoms with E-state index in [4.69, 9.17) is 4.74 Å². The zero-order chi connectivity index (χ0) is 13.5. The lowest BCUT2D eigenvalue weighted by Gasteiger charge is -2.21. The summed E-state index contributed by atoms with van der Waals surface area (Å²) in [4.78, 5) is 11.8. The number of hydrogen-bond donors (Lipinski definition) is 2. The number of aliphatic hydroxyl groups is 1. The maximum atomic E-state index is 11.8. The predicted molar refractivity (Wildman–Crippen MR) is 70.0 cm³/mol. The quantitative estimate of drug-likeness (QED) is 0.752. The number of hydrogen-bond acceptors (Lipinski definition) is 4. The Morgan fingerprint density at radius 2 is 1.89 bits per heavy atom. The molecule has 0 aromatic heterocycles. The van der Waals surface area contributed by atoms with E-state index < -0.39 is 18.1 Å². The van der Waals surface area contributed by atoms with Crippen LogP contribution in [0.3, 0.4) is 0 Å².